The summed E-state index contributed by atoms with van der Waals surface area (Å²) >= 11 is 0. The van der Waals surface area contributed by atoms with Crippen LogP contribution in [0, 0.1) is 11.3 Å². The minimum atomic E-state index is -0.537. The van der Waals surface area contributed by atoms with E-state index in [0.717, 1.165) is 10.5 Å². The summed E-state index contributed by atoms with van der Waals surface area (Å²) in [5.74, 6) is -0.970. The van der Waals surface area contributed by atoms with Crippen molar-refractivity contribution < 1.29 is 19.1 Å². The summed E-state index contributed by atoms with van der Waals surface area (Å²) in [7, 11) is 0. The van der Waals surface area contributed by atoms with Crippen molar-refractivity contribution >= 4 is 17.8 Å². The first-order valence-corrected chi connectivity index (χ1v) is 7.72. The first kappa shape index (κ1) is 16.4. The predicted molar refractivity (Wildman–Crippen MR) is 87.8 cm³/mol. The molecule has 0 aromatic heterocycles. The topological polar surface area (TPSA) is 87.5 Å². The summed E-state index contributed by atoms with van der Waals surface area (Å²) in [5, 5.41) is 8.62. The summed E-state index contributed by atoms with van der Waals surface area (Å²) in [5.41, 5.74) is 1.54. The molecule has 1 heterocycles. The lowest BCUT2D eigenvalue weighted by Gasteiger charge is -2.13. The zero-order chi connectivity index (χ0) is 17.8. The molecule has 0 unspecified atom stereocenters. The Balaban J connectivity index is 1.57. The SMILES string of the molecule is N#CCc1ccc(OC(=O)CCN2C(=O)c3ccccc3C2=O)cc1. The van der Waals surface area contributed by atoms with Gasteiger partial charge in [-0.1, -0.05) is 24.3 Å². The first-order chi connectivity index (χ1) is 12.1. The highest BCUT2D eigenvalue weighted by molar-refractivity contribution is 6.21. The third-order valence-electron chi connectivity index (χ3n) is 3.86. The predicted octanol–water partition coefficient (Wildman–Crippen LogP) is 2.34. The Hall–Kier alpha value is -3.46. The van der Waals surface area contributed by atoms with E-state index in [0.29, 0.717) is 16.9 Å². The molecule has 6 heteroatoms. The average molecular weight is 334 g/mol. The van der Waals surface area contributed by atoms with Gasteiger partial charge in [-0.15, -0.1) is 0 Å². The van der Waals surface area contributed by atoms with Crippen molar-refractivity contribution in [2.45, 2.75) is 12.8 Å². The molecule has 1 aliphatic rings. The smallest absolute Gasteiger partial charge is 0.312 e. The number of amides is 2. The van der Waals surface area contributed by atoms with Gasteiger partial charge in [0.1, 0.15) is 5.75 Å². The van der Waals surface area contributed by atoms with Crippen molar-refractivity contribution in [1.82, 2.24) is 4.90 Å². The number of carbonyl (C=O) groups is 3. The number of hydrogen-bond donors (Lipinski definition) is 0. The Morgan fingerprint density at radius 3 is 2.16 bits per heavy atom. The maximum atomic E-state index is 12.2. The standard InChI is InChI=1S/C19H14N2O4/c20-11-9-13-5-7-14(8-6-13)25-17(22)10-12-21-18(23)15-3-1-2-4-16(15)19(21)24/h1-8H,9-10,12H2. The fourth-order valence-corrected chi connectivity index (χ4v) is 2.59. The molecule has 0 radical (unpaired) electrons. The highest BCUT2D eigenvalue weighted by Crippen LogP contribution is 2.22. The summed E-state index contributed by atoms with van der Waals surface area (Å²) < 4.78 is 5.18. The number of fused-ring (bicyclic) bond motifs is 1. The number of ether oxygens (including phenoxy) is 1. The van der Waals surface area contributed by atoms with E-state index >= 15 is 0 Å². The van der Waals surface area contributed by atoms with Crippen molar-refractivity contribution in [2.75, 3.05) is 6.54 Å². The van der Waals surface area contributed by atoms with E-state index in [1.165, 1.54) is 0 Å². The first-order valence-electron chi connectivity index (χ1n) is 7.72. The van der Waals surface area contributed by atoms with Crippen LogP contribution in [0.2, 0.25) is 0 Å². The third kappa shape index (κ3) is 3.40. The number of carbonyl (C=O) groups excluding carboxylic acids is 3. The number of esters is 1. The second-order valence-electron chi connectivity index (χ2n) is 5.51. The quantitative estimate of drug-likeness (QED) is 0.476. The van der Waals surface area contributed by atoms with E-state index in [1.807, 2.05) is 6.07 Å². The van der Waals surface area contributed by atoms with Crippen LogP contribution in [0.3, 0.4) is 0 Å². The Kier molecular flexibility index (Phi) is 4.57. The largest absolute Gasteiger partial charge is 0.426 e. The van der Waals surface area contributed by atoms with E-state index in [4.69, 9.17) is 10.00 Å². The minimum absolute atomic E-state index is 0.0301. The molecule has 2 aromatic carbocycles. The Bertz CT molecular complexity index is 846. The van der Waals surface area contributed by atoms with Crippen LogP contribution in [-0.4, -0.2) is 29.2 Å². The zero-order valence-electron chi connectivity index (χ0n) is 13.3. The molecular weight excluding hydrogens is 320 g/mol. The molecule has 0 saturated carbocycles. The molecule has 2 aromatic rings. The molecule has 124 valence electrons. The lowest BCUT2D eigenvalue weighted by atomic mass is 10.1. The summed E-state index contributed by atoms with van der Waals surface area (Å²) in [6, 6.07) is 15.2. The molecule has 0 atom stereocenters. The second-order valence-corrected chi connectivity index (χ2v) is 5.51. The van der Waals surface area contributed by atoms with E-state index in [9.17, 15) is 14.4 Å². The number of benzene rings is 2. The van der Waals surface area contributed by atoms with Gasteiger partial charge in [-0.05, 0) is 29.8 Å². The monoisotopic (exact) mass is 334 g/mol. The normalized spacial score (nSPS) is 12.7. The van der Waals surface area contributed by atoms with Crippen molar-refractivity contribution in [3.05, 3.63) is 65.2 Å². The van der Waals surface area contributed by atoms with Gasteiger partial charge in [0.15, 0.2) is 0 Å². The highest BCUT2D eigenvalue weighted by Gasteiger charge is 2.35. The fourth-order valence-electron chi connectivity index (χ4n) is 2.59. The Morgan fingerprint density at radius 1 is 1.00 bits per heavy atom. The molecule has 3 rings (SSSR count). The van der Waals surface area contributed by atoms with Gasteiger partial charge in [0.05, 0.1) is 30.0 Å². The van der Waals surface area contributed by atoms with Gasteiger partial charge >= 0.3 is 5.97 Å². The minimum Gasteiger partial charge on any atom is -0.426 e. The maximum absolute atomic E-state index is 12.2. The van der Waals surface area contributed by atoms with Gasteiger partial charge in [0.2, 0.25) is 0 Å². The molecule has 0 aliphatic carbocycles. The number of rotatable bonds is 5. The Labute approximate surface area is 144 Å². The number of nitriles is 1. The van der Waals surface area contributed by atoms with Gasteiger partial charge in [0, 0.05) is 6.54 Å². The summed E-state index contributed by atoms with van der Waals surface area (Å²) in [6.45, 7) is -0.0301. The molecule has 0 spiro atoms. The third-order valence-corrected chi connectivity index (χ3v) is 3.86. The lowest BCUT2D eigenvalue weighted by Crippen LogP contribution is -2.32. The number of hydrogen-bond acceptors (Lipinski definition) is 5. The average Bonchev–Trinajstić information content (AvgIpc) is 2.86. The van der Waals surface area contributed by atoms with Crippen molar-refractivity contribution in [1.29, 1.82) is 5.26 Å². The van der Waals surface area contributed by atoms with Crippen LogP contribution < -0.4 is 4.74 Å². The van der Waals surface area contributed by atoms with Gasteiger partial charge in [-0.2, -0.15) is 5.26 Å². The van der Waals surface area contributed by atoms with Crippen molar-refractivity contribution in [2.24, 2.45) is 0 Å². The zero-order valence-corrected chi connectivity index (χ0v) is 13.3. The molecule has 1 aliphatic heterocycles. The summed E-state index contributed by atoms with van der Waals surface area (Å²) in [6.07, 6.45) is 0.194. The molecule has 2 amide bonds. The molecule has 0 fully saturated rings. The summed E-state index contributed by atoms with van der Waals surface area (Å²) in [4.78, 5) is 37.4. The van der Waals surface area contributed by atoms with E-state index < -0.39 is 17.8 Å². The van der Waals surface area contributed by atoms with Crippen LogP contribution in [0.5, 0.6) is 5.75 Å². The Morgan fingerprint density at radius 2 is 1.60 bits per heavy atom. The number of imide groups is 1. The second kappa shape index (κ2) is 6.97. The van der Waals surface area contributed by atoms with Gasteiger partial charge in [-0.3, -0.25) is 19.3 Å². The molecular formula is C19H14N2O4. The van der Waals surface area contributed by atoms with Crippen LogP contribution in [0.25, 0.3) is 0 Å². The fraction of sp³-hybridized carbons (Fsp3) is 0.158. The molecule has 0 saturated heterocycles. The van der Waals surface area contributed by atoms with Crippen LogP contribution >= 0.6 is 0 Å². The maximum Gasteiger partial charge on any atom is 0.312 e. The lowest BCUT2D eigenvalue weighted by molar-refractivity contribution is -0.134. The van der Waals surface area contributed by atoms with Crippen molar-refractivity contribution in [3.8, 4) is 11.8 Å². The van der Waals surface area contributed by atoms with Crippen LogP contribution in [-0.2, 0) is 11.2 Å². The van der Waals surface area contributed by atoms with Crippen molar-refractivity contribution in [3.63, 3.8) is 0 Å². The molecule has 0 N–H and O–H groups in total. The van der Waals surface area contributed by atoms with Gasteiger partial charge < -0.3 is 4.74 Å². The molecule has 0 bridgehead atoms. The van der Waals surface area contributed by atoms with E-state index in [2.05, 4.69) is 0 Å². The number of nitrogens with zero attached hydrogens (tertiary/aromatic N) is 2. The van der Waals surface area contributed by atoms with Gasteiger partial charge in [-0.25, -0.2) is 0 Å². The van der Waals surface area contributed by atoms with E-state index in [1.54, 1.807) is 48.5 Å². The highest BCUT2D eigenvalue weighted by atomic mass is 16.5. The molecule has 6 nitrogen and oxygen atoms in total. The van der Waals surface area contributed by atoms with E-state index in [-0.39, 0.29) is 19.4 Å². The molecule has 25 heavy (non-hydrogen) atoms. The van der Waals surface area contributed by atoms with Crippen LogP contribution in [0.15, 0.2) is 48.5 Å². The van der Waals surface area contributed by atoms with Crippen LogP contribution in [0.4, 0.5) is 0 Å². The van der Waals surface area contributed by atoms with Crippen LogP contribution in [0.1, 0.15) is 32.7 Å². The van der Waals surface area contributed by atoms with Gasteiger partial charge in [0.25, 0.3) is 11.8 Å².